The van der Waals surface area contributed by atoms with Crippen LogP contribution < -0.4 is 5.32 Å². The van der Waals surface area contributed by atoms with Crippen molar-refractivity contribution in [2.45, 2.75) is 26.6 Å². The van der Waals surface area contributed by atoms with E-state index in [1.807, 2.05) is 41.1 Å². The maximum Gasteiger partial charge on any atom is 0.350 e. The van der Waals surface area contributed by atoms with E-state index in [4.69, 9.17) is 14.2 Å². The number of hydrogen-bond acceptors (Lipinski definition) is 7. The van der Waals surface area contributed by atoms with Crippen LogP contribution in [0.5, 0.6) is 0 Å². The van der Waals surface area contributed by atoms with Crippen molar-refractivity contribution in [1.82, 2.24) is 4.40 Å². The fourth-order valence-corrected chi connectivity index (χ4v) is 3.47. The lowest BCUT2D eigenvalue weighted by atomic mass is 10.0. The summed E-state index contributed by atoms with van der Waals surface area (Å²) in [7, 11) is 0. The molecule has 1 aliphatic heterocycles. The van der Waals surface area contributed by atoms with E-state index in [2.05, 4.69) is 5.32 Å². The molecule has 1 aliphatic rings. The van der Waals surface area contributed by atoms with Gasteiger partial charge in [0.25, 0.3) is 5.79 Å². The van der Waals surface area contributed by atoms with Gasteiger partial charge < -0.3 is 23.9 Å². The number of pyridine rings is 1. The second-order valence-corrected chi connectivity index (χ2v) is 7.59. The molecule has 1 fully saturated rings. The summed E-state index contributed by atoms with van der Waals surface area (Å²) in [6.07, 6.45) is 4.97. The molecule has 0 atom stereocenters. The minimum atomic E-state index is -1.30. The van der Waals surface area contributed by atoms with Crippen LogP contribution >= 0.6 is 0 Å². The van der Waals surface area contributed by atoms with Crippen molar-refractivity contribution in [3.8, 4) is 11.1 Å². The number of rotatable bonds is 5. The van der Waals surface area contributed by atoms with Crippen molar-refractivity contribution in [2.75, 3.05) is 11.9 Å². The molecule has 2 aromatic heterocycles. The van der Waals surface area contributed by atoms with Gasteiger partial charge >= 0.3 is 17.9 Å². The number of carbonyl (C=O) groups is 3. The Morgan fingerprint density at radius 2 is 1.88 bits per heavy atom. The molecule has 4 rings (SSSR count). The van der Waals surface area contributed by atoms with Gasteiger partial charge in [0.1, 0.15) is 0 Å². The third-order valence-electron chi connectivity index (χ3n) is 4.84. The number of cyclic esters (lactones) is 2. The Labute approximate surface area is 184 Å². The van der Waals surface area contributed by atoms with Crippen LogP contribution in [0, 0.1) is 0 Å². The molecule has 1 N–H and O–H groups in total. The summed E-state index contributed by atoms with van der Waals surface area (Å²) in [5.74, 6) is -3.24. The molecule has 0 bridgehead atoms. The standard InChI is InChI=1S/C24H22N2O6/c1-4-30-23(29)20-18(14-26-11-6-5-10-19(20)26)15-8-7-9-16(12-15)25-13-17-21(27)31-24(2,3)32-22(17)28/h5-14,25H,4H2,1-3H3. The molecule has 0 radical (unpaired) electrons. The average Bonchev–Trinajstić information content (AvgIpc) is 3.12. The average molecular weight is 434 g/mol. The van der Waals surface area contributed by atoms with Crippen LogP contribution in [0.3, 0.4) is 0 Å². The fraction of sp³-hybridized carbons (Fsp3) is 0.208. The van der Waals surface area contributed by atoms with Gasteiger partial charge in [0.15, 0.2) is 5.57 Å². The molecular formula is C24H22N2O6. The molecule has 164 valence electrons. The van der Waals surface area contributed by atoms with Crippen LogP contribution in [0.1, 0.15) is 31.1 Å². The molecule has 1 saturated heterocycles. The normalized spacial score (nSPS) is 15.2. The minimum absolute atomic E-state index is 0.239. The fourth-order valence-electron chi connectivity index (χ4n) is 3.47. The SMILES string of the molecule is CCOC(=O)c1c(-c2cccc(NC=C3C(=O)OC(C)(C)OC3=O)c2)cn2ccccc12. The van der Waals surface area contributed by atoms with Crippen LogP contribution in [-0.2, 0) is 23.8 Å². The first-order valence-corrected chi connectivity index (χ1v) is 10.1. The highest BCUT2D eigenvalue weighted by Gasteiger charge is 2.38. The first kappa shape index (κ1) is 21.2. The van der Waals surface area contributed by atoms with E-state index in [0.717, 1.165) is 11.1 Å². The lowest BCUT2D eigenvalue weighted by Crippen LogP contribution is -2.42. The second kappa shape index (κ2) is 8.22. The quantitative estimate of drug-likeness (QED) is 0.369. The smallest absolute Gasteiger partial charge is 0.350 e. The van der Waals surface area contributed by atoms with E-state index in [1.165, 1.54) is 20.0 Å². The number of esters is 3. The van der Waals surface area contributed by atoms with Crippen LogP contribution in [0.4, 0.5) is 5.69 Å². The van der Waals surface area contributed by atoms with Gasteiger partial charge in [-0.05, 0) is 36.8 Å². The monoisotopic (exact) mass is 434 g/mol. The van der Waals surface area contributed by atoms with Crippen molar-refractivity contribution in [3.63, 3.8) is 0 Å². The van der Waals surface area contributed by atoms with Crippen molar-refractivity contribution >= 4 is 29.1 Å². The first-order chi connectivity index (χ1) is 15.3. The predicted octanol–water partition coefficient (Wildman–Crippen LogP) is 3.91. The Kier molecular flexibility index (Phi) is 5.44. The van der Waals surface area contributed by atoms with Crippen LogP contribution in [-0.4, -0.2) is 34.7 Å². The molecule has 8 heteroatoms. The van der Waals surface area contributed by atoms with E-state index in [1.54, 1.807) is 25.1 Å². The number of nitrogens with zero attached hydrogens (tertiary/aromatic N) is 1. The molecule has 3 aromatic rings. The van der Waals surface area contributed by atoms with E-state index < -0.39 is 23.7 Å². The molecule has 1 aromatic carbocycles. The lowest BCUT2D eigenvalue weighted by molar-refractivity contribution is -0.222. The van der Waals surface area contributed by atoms with Gasteiger partial charge in [-0.25, -0.2) is 14.4 Å². The molecule has 0 amide bonds. The van der Waals surface area contributed by atoms with Crippen LogP contribution in [0.25, 0.3) is 16.6 Å². The summed E-state index contributed by atoms with van der Waals surface area (Å²) in [5, 5.41) is 2.93. The van der Waals surface area contributed by atoms with Gasteiger partial charge in [0.05, 0.1) is 17.7 Å². The first-order valence-electron chi connectivity index (χ1n) is 10.1. The maximum absolute atomic E-state index is 12.7. The number of benzene rings is 1. The largest absolute Gasteiger partial charge is 0.462 e. The second-order valence-electron chi connectivity index (χ2n) is 7.59. The molecule has 0 aliphatic carbocycles. The van der Waals surface area contributed by atoms with E-state index in [-0.39, 0.29) is 12.2 Å². The van der Waals surface area contributed by atoms with Crippen LogP contribution in [0.2, 0.25) is 0 Å². The van der Waals surface area contributed by atoms with Crippen molar-refractivity contribution in [3.05, 3.63) is 72.2 Å². The third kappa shape index (κ3) is 4.07. The number of anilines is 1. The van der Waals surface area contributed by atoms with Crippen molar-refractivity contribution in [2.24, 2.45) is 0 Å². The predicted molar refractivity (Wildman–Crippen MR) is 117 cm³/mol. The van der Waals surface area contributed by atoms with E-state index >= 15 is 0 Å². The topological polar surface area (TPSA) is 95.3 Å². The van der Waals surface area contributed by atoms with Crippen molar-refractivity contribution in [1.29, 1.82) is 0 Å². The number of hydrogen-bond donors (Lipinski definition) is 1. The Bertz CT molecular complexity index is 1230. The summed E-state index contributed by atoms with van der Waals surface area (Å²) in [5.41, 5.74) is 3.02. The lowest BCUT2D eigenvalue weighted by Gasteiger charge is -2.29. The highest BCUT2D eigenvalue weighted by Crippen LogP contribution is 2.31. The maximum atomic E-state index is 12.7. The van der Waals surface area contributed by atoms with Crippen molar-refractivity contribution < 1.29 is 28.6 Å². The summed E-state index contributed by atoms with van der Waals surface area (Å²) in [6, 6.07) is 12.8. The van der Waals surface area contributed by atoms with Gasteiger partial charge in [0.2, 0.25) is 0 Å². The zero-order chi connectivity index (χ0) is 22.9. The van der Waals surface area contributed by atoms with E-state index in [9.17, 15) is 14.4 Å². The summed E-state index contributed by atoms with van der Waals surface area (Å²) in [4.78, 5) is 36.9. The number of ether oxygens (including phenoxy) is 3. The Hall–Kier alpha value is -4.07. The van der Waals surface area contributed by atoms with Gasteiger partial charge in [-0.2, -0.15) is 0 Å². The number of fused-ring (bicyclic) bond motifs is 1. The van der Waals surface area contributed by atoms with E-state index in [0.29, 0.717) is 16.8 Å². The minimum Gasteiger partial charge on any atom is -0.462 e. The number of carbonyl (C=O) groups excluding carboxylic acids is 3. The highest BCUT2D eigenvalue weighted by molar-refractivity contribution is 6.15. The summed E-state index contributed by atoms with van der Waals surface area (Å²) < 4.78 is 17.3. The summed E-state index contributed by atoms with van der Waals surface area (Å²) in [6.45, 7) is 5.00. The number of aromatic nitrogens is 1. The van der Waals surface area contributed by atoms with Gasteiger partial charge in [-0.15, -0.1) is 0 Å². The zero-order valence-electron chi connectivity index (χ0n) is 17.9. The molecule has 32 heavy (non-hydrogen) atoms. The Morgan fingerprint density at radius 3 is 2.59 bits per heavy atom. The number of nitrogens with one attached hydrogen (secondary N) is 1. The molecule has 0 unspecified atom stereocenters. The molecular weight excluding hydrogens is 412 g/mol. The molecule has 8 nitrogen and oxygen atoms in total. The third-order valence-corrected chi connectivity index (χ3v) is 4.84. The summed E-state index contributed by atoms with van der Waals surface area (Å²) >= 11 is 0. The molecule has 0 saturated carbocycles. The molecule has 3 heterocycles. The van der Waals surface area contributed by atoms with Gasteiger partial charge in [0, 0.05) is 43.7 Å². The Morgan fingerprint density at radius 1 is 1.12 bits per heavy atom. The molecule has 0 spiro atoms. The van der Waals surface area contributed by atoms with Crippen LogP contribution in [0.15, 0.2) is 66.6 Å². The van der Waals surface area contributed by atoms with Gasteiger partial charge in [-0.3, -0.25) is 0 Å². The van der Waals surface area contributed by atoms with Gasteiger partial charge in [-0.1, -0.05) is 18.2 Å². The Balaban J connectivity index is 1.68. The highest BCUT2D eigenvalue weighted by atomic mass is 16.7. The zero-order valence-corrected chi connectivity index (χ0v) is 17.9.